The molecule has 0 saturated carbocycles. The van der Waals surface area contributed by atoms with Crippen molar-refractivity contribution in [3.05, 3.63) is 35.9 Å². The lowest BCUT2D eigenvalue weighted by Gasteiger charge is -2.02. The molecule has 13 heavy (non-hydrogen) atoms. The highest BCUT2D eigenvalue weighted by molar-refractivity contribution is 6.33. The van der Waals surface area contributed by atoms with Crippen LogP contribution in [0.3, 0.4) is 0 Å². The third kappa shape index (κ3) is 3.07. The summed E-state index contributed by atoms with van der Waals surface area (Å²) in [5, 5.41) is 6.99. The SMILES string of the molecule is CC(=N)C(=O)OCc1ccccc1. The van der Waals surface area contributed by atoms with Gasteiger partial charge in [0.2, 0.25) is 0 Å². The fraction of sp³-hybridized carbons (Fsp3) is 0.200. The second-order valence-electron chi connectivity index (χ2n) is 2.69. The van der Waals surface area contributed by atoms with E-state index >= 15 is 0 Å². The number of esters is 1. The van der Waals surface area contributed by atoms with Gasteiger partial charge in [0.1, 0.15) is 12.3 Å². The Kier molecular flexibility index (Phi) is 3.20. The maximum absolute atomic E-state index is 10.9. The molecule has 0 amide bonds. The maximum Gasteiger partial charge on any atom is 0.351 e. The van der Waals surface area contributed by atoms with Gasteiger partial charge in [-0.1, -0.05) is 30.3 Å². The van der Waals surface area contributed by atoms with E-state index in [-0.39, 0.29) is 12.3 Å². The van der Waals surface area contributed by atoms with E-state index in [1.807, 2.05) is 30.3 Å². The van der Waals surface area contributed by atoms with Crippen molar-refractivity contribution in [2.75, 3.05) is 0 Å². The molecule has 0 aliphatic rings. The third-order valence-corrected chi connectivity index (χ3v) is 1.52. The fourth-order valence-corrected chi connectivity index (χ4v) is 0.831. The van der Waals surface area contributed by atoms with Gasteiger partial charge >= 0.3 is 5.97 Å². The first-order valence-electron chi connectivity index (χ1n) is 3.96. The molecule has 68 valence electrons. The van der Waals surface area contributed by atoms with E-state index in [4.69, 9.17) is 10.1 Å². The van der Waals surface area contributed by atoms with Crippen molar-refractivity contribution in [3.63, 3.8) is 0 Å². The van der Waals surface area contributed by atoms with Gasteiger partial charge in [-0.3, -0.25) is 5.41 Å². The van der Waals surface area contributed by atoms with E-state index in [2.05, 4.69) is 0 Å². The molecule has 0 saturated heterocycles. The van der Waals surface area contributed by atoms with E-state index < -0.39 is 5.97 Å². The van der Waals surface area contributed by atoms with Crippen LogP contribution in [0.15, 0.2) is 30.3 Å². The van der Waals surface area contributed by atoms with Crippen LogP contribution in [0.25, 0.3) is 0 Å². The molecule has 3 heteroatoms. The summed E-state index contributed by atoms with van der Waals surface area (Å²) < 4.78 is 4.83. The molecule has 1 aromatic carbocycles. The van der Waals surface area contributed by atoms with Crippen LogP contribution in [0.5, 0.6) is 0 Å². The minimum absolute atomic E-state index is 0.0732. The first kappa shape index (κ1) is 9.45. The summed E-state index contributed by atoms with van der Waals surface area (Å²) in [6, 6.07) is 9.38. The molecule has 0 atom stereocenters. The second kappa shape index (κ2) is 4.40. The summed E-state index contributed by atoms with van der Waals surface area (Å²) in [6.07, 6.45) is 0. The lowest BCUT2D eigenvalue weighted by atomic mass is 10.2. The lowest BCUT2D eigenvalue weighted by molar-refractivity contribution is -0.136. The van der Waals surface area contributed by atoms with Gasteiger partial charge in [0.25, 0.3) is 0 Å². The van der Waals surface area contributed by atoms with Crippen LogP contribution in [-0.2, 0) is 16.1 Å². The fourth-order valence-electron chi connectivity index (χ4n) is 0.831. The second-order valence-corrected chi connectivity index (χ2v) is 2.69. The summed E-state index contributed by atoms with van der Waals surface area (Å²) in [7, 11) is 0. The molecule has 0 unspecified atom stereocenters. The Morgan fingerprint density at radius 1 is 1.38 bits per heavy atom. The van der Waals surface area contributed by atoms with Crippen molar-refractivity contribution < 1.29 is 9.53 Å². The molecule has 0 aliphatic carbocycles. The van der Waals surface area contributed by atoms with Crippen LogP contribution < -0.4 is 0 Å². The van der Waals surface area contributed by atoms with E-state index in [1.165, 1.54) is 6.92 Å². The molecule has 0 heterocycles. The number of nitrogens with one attached hydrogen (secondary N) is 1. The Balaban J connectivity index is 2.44. The van der Waals surface area contributed by atoms with E-state index in [1.54, 1.807) is 0 Å². The minimum atomic E-state index is -0.566. The third-order valence-electron chi connectivity index (χ3n) is 1.52. The zero-order valence-corrected chi connectivity index (χ0v) is 7.41. The first-order valence-corrected chi connectivity index (χ1v) is 3.96. The Morgan fingerprint density at radius 3 is 2.54 bits per heavy atom. The molecule has 1 N–H and O–H groups in total. The van der Waals surface area contributed by atoms with Crippen molar-refractivity contribution in [1.29, 1.82) is 5.41 Å². The maximum atomic E-state index is 10.9. The zero-order valence-electron chi connectivity index (χ0n) is 7.41. The average molecular weight is 177 g/mol. The van der Waals surface area contributed by atoms with Gasteiger partial charge in [0, 0.05) is 0 Å². The summed E-state index contributed by atoms with van der Waals surface area (Å²) in [4.78, 5) is 10.9. The Morgan fingerprint density at radius 2 is 2.00 bits per heavy atom. The molecule has 1 aromatic rings. The highest BCUT2D eigenvalue weighted by atomic mass is 16.5. The smallest absolute Gasteiger partial charge is 0.351 e. The van der Waals surface area contributed by atoms with Crippen LogP contribution in [0.1, 0.15) is 12.5 Å². The van der Waals surface area contributed by atoms with Crippen molar-refractivity contribution in [3.8, 4) is 0 Å². The van der Waals surface area contributed by atoms with Crippen LogP contribution >= 0.6 is 0 Å². The van der Waals surface area contributed by atoms with Crippen molar-refractivity contribution >= 4 is 11.7 Å². The number of rotatable bonds is 3. The Bertz CT molecular complexity index is 306. The summed E-state index contributed by atoms with van der Waals surface area (Å²) in [5.74, 6) is -0.566. The number of carbonyl (C=O) groups is 1. The molecule has 0 aliphatic heterocycles. The summed E-state index contributed by atoms with van der Waals surface area (Å²) in [5.41, 5.74) is 0.855. The van der Waals surface area contributed by atoms with Gasteiger partial charge in [-0.2, -0.15) is 0 Å². The predicted octanol–water partition coefficient (Wildman–Crippen LogP) is 1.77. The molecular weight excluding hydrogens is 166 g/mol. The van der Waals surface area contributed by atoms with Crippen molar-refractivity contribution in [1.82, 2.24) is 0 Å². The van der Waals surface area contributed by atoms with Crippen molar-refractivity contribution in [2.45, 2.75) is 13.5 Å². The number of benzene rings is 1. The van der Waals surface area contributed by atoms with Gasteiger partial charge in [-0.15, -0.1) is 0 Å². The molecule has 0 bridgehead atoms. The molecule has 1 rings (SSSR count). The van der Waals surface area contributed by atoms with E-state index in [9.17, 15) is 4.79 Å². The van der Waals surface area contributed by atoms with Crippen LogP contribution in [0.4, 0.5) is 0 Å². The standard InChI is InChI=1S/C10H11NO2/c1-8(11)10(12)13-7-9-5-3-2-4-6-9/h2-6,11H,7H2,1H3. The van der Waals surface area contributed by atoms with Crippen LogP contribution in [0, 0.1) is 5.41 Å². The number of carbonyl (C=O) groups excluding carboxylic acids is 1. The number of hydrogen-bond acceptors (Lipinski definition) is 3. The number of hydrogen-bond donors (Lipinski definition) is 1. The molecule has 3 nitrogen and oxygen atoms in total. The van der Waals surface area contributed by atoms with Crippen LogP contribution in [-0.4, -0.2) is 11.7 Å². The van der Waals surface area contributed by atoms with E-state index in [0.717, 1.165) is 5.56 Å². The largest absolute Gasteiger partial charge is 0.456 e. The molecule has 0 radical (unpaired) electrons. The monoisotopic (exact) mass is 177 g/mol. The van der Waals surface area contributed by atoms with Gasteiger partial charge in [0.05, 0.1) is 0 Å². The van der Waals surface area contributed by atoms with Crippen molar-refractivity contribution in [2.24, 2.45) is 0 Å². The van der Waals surface area contributed by atoms with Gasteiger partial charge in [-0.25, -0.2) is 4.79 Å². The topological polar surface area (TPSA) is 50.2 Å². The van der Waals surface area contributed by atoms with Gasteiger partial charge in [-0.05, 0) is 12.5 Å². The summed E-state index contributed by atoms with van der Waals surface area (Å²) >= 11 is 0. The minimum Gasteiger partial charge on any atom is -0.456 e. The molecular formula is C10H11NO2. The average Bonchev–Trinajstić information content (AvgIpc) is 2.15. The highest BCUT2D eigenvalue weighted by Crippen LogP contribution is 2.00. The lowest BCUT2D eigenvalue weighted by Crippen LogP contribution is -2.12. The normalized spacial score (nSPS) is 9.31. The molecule has 0 aromatic heterocycles. The molecule has 0 fully saturated rings. The first-order chi connectivity index (χ1) is 6.20. The highest BCUT2D eigenvalue weighted by Gasteiger charge is 2.04. The van der Waals surface area contributed by atoms with Crippen LogP contribution in [0.2, 0.25) is 0 Å². The predicted molar refractivity (Wildman–Crippen MR) is 49.6 cm³/mol. The van der Waals surface area contributed by atoms with Gasteiger partial charge < -0.3 is 4.74 Å². The number of ether oxygens (including phenoxy) is 1. The Labute approximate surface area is 76.9 Å². The van der Waals surface area contributed by atoms with Gasteiger partial charge in [0.15, 0.2) is 0 Å². The Hall–Kier alpha value is -1.64. The van der Waals surface area contributed by atoms with E-state index in [0.29, 0.717) is 0 Å². The zero-order chi connectivity index (χ0) is 9.68. The quantitative estimate of drug-likeness (QED) is 0.565. The summed E-state index contributed by atoms with van der Waals surface area (Å²) in [6.45, 7) is 1.64. The molecule has 0 spiro atoms.